The van der Waals surface area contributed by atoms with Crippen molar-refractivity contribution in [1.82, 2.24) is 15.3 Å². The second-order valence-corrected chi connectivity index (χ2v) is 4.89. The van der Waals surface area contributed by atoms with Crippen LogP contribution in [0.15, 0.2) is 22.9 Å². The van der Waals surface area contributed by atoms with Crippen molar-refractivity contribution in [2.45, 2.75) is 6.54 Å². The molecule has 2 rings (SSSR count). The van der Waals surface area contributed by atoms with Crippen molar-refractivity contribution < 1.29 is 4.74 Å². The normalized spacial score (nSPS) is 10.7. The van der Waals surface area contributed by atoms with Gasteiger partial charge in [-0.25, -0.2) is 4.98 Å². The van der Waals surface area contributed by atoms with Crippen LogP contribution < -0.4 is 10.1 Å². The molecule has 0 saturated heterocycles. The molecule has 0 unspecified atom stereocenters. The lowest BCUT2D eigenvalue weighted by atomic mass is 10.1. The monoisotopic (exact) mass is 329 g/mol. The first-order chi connectivity index (χ1) is 8.65. The zero-order valence-electron chi connectivity index (χ0n) is 10.1. The maximum Gasteiger partial charge on any atom is 0.175 e. The number of aromatic amines is 1. The van der Waals surface area contributed by atoms with Gasteiger partial charge in [-0.1, -0.05) is 11.6 Å². The number of hydrogen-bond acceptors (Lipinski definition) is 3. The number of imidazole rings is 1. The van der Waals surface area contributed by atoms with Gasteiger partial charge >= 0.3 is 0 Å². The molecule has 0 bridgehead atoms. The van der Waals surface area contributed by atoms with E-state index >= 15 is 0 Å². The number of rotatable bonds is 4. The van der Waals surface area contributed by atoms with Crippen LogP contribution in [0.2, 0.25) is 5.02 Å². The summed E-state index contributed by atoms with van der Waals surface area (Å²) < 4.78 is 5.82. The summed E-state index contributed by atoms with van der Waals surface area (Å²) in [7, 11) is 3.50. The first kappa shape index (κ1) is 13.4. The van der Waals surface area contributed by atoms with Crippen molar-refractivity contribution in [3.8, 4) is 17.0 Å². The van der Waals surface area contributed by atoms with Crippen LogP contribution in [-0.2, 0) is 6.54 Å². The zero-order valence-corrected chi connectivity index (χ0v) is 12.4. The van der Waals surface area contributed by atoms with Crippen LogP contribution >= 0.6 is 27.5 Å². The molecule has 0 spiro atoms. The van der Waals surface area contributed by atoms with Crippen LogP contribution in [0.1, 0.15) is 5.69 Å². The lowest BCUT2D eigenvalue weighted by molar-refractivity contribution is 0.415. The number of nitrogens with one attached hydrogen (secondary N) is 2. The fourth-order valence-electron chi connectivity index (χ4n) is 1.72. The predicted octanol–water partition coefficient (Wildman–Crippen LogP) is 3.22. The van der Waals surface area contributed by atoms with Crippen molar-refractivity contribution in [2.75, 3.05) is 14.2 Å². The lowest BCUT2D eigenvalue weighted by Gasteiger charge is -2.06. The summed E-state index contributed by atoms with van der Waals surface area (Å²) in [5, 5.41) is 3.71. The van der Waals surface area contributed by atoms with Crippen LogP contribution in [0.4, 0.5) is 0 Å². The summed E-state index contributed by atoms with van der Waals surface area (Å²) in [4.78, 5) is 7.56. The Balaban J connectivity index is 2.47. The van der Waals surface area contributed by atoms with Gasteiger partial charge < -0.3 is 15.0 Å². The van der Waals surface area contributed by atoms with E-state index in [9.17, 15) is 0 Å². The Kier molecular flexibility index (Phi) is 4.27. The summed E-state index contributed by atoms with van der Waals surface area (Å²) in [5.41, 5.74) is 2.70. The number of H-pyrrole nitrogens is 1. The molecule has 2 N–H and O–H groups in total. The van der Waals surface area contributed by atoms with Gasteiger partial charge in [-0.05, 0) is 41.2 Å². The molecule has 0 radical (unpaired) electrons. The van der Waals surface area contributed by atoms with E-state index in [1.165, 1.54) is 0 Å². The van der Waals surface area contributed by atoms with E-state index in [2.05, 4.69) is 31.2 Å². The third kappa shape index (κ3) is 2.68. The average molecular weight is 331 g/mol. The highest BCUT2D eigenvalue weighted by Gasteiger charge is 2.14. The molecule has 0 saturated carbocycles. The Morgan fingerprint density at radius 2 is 2.28 bits per heavy atom. The Morgan fingerprint density at radius 3 is 2.89 bits per heavy atom. The van der Waals surface area contributed by atoms with Gasteiger partial charge in [0.2, 0.25) is 0 Å². The number of halogens is 2. The fraction of sp³-hybridized carbons (Fsp3) is 0.250. The van der Waals surface area contributed by atoms with E-state index in [-0.39, 0.29) is 0 Å². The van der Waals surface area contributed by atoms with E-state index in [4.69, 9.17) is 16.3 Å². The molecular formula is C12H13BrClN3O. The average Bonchev–Trinajstić information content (AvgIpc) is 2.70. The van der Waals surface area contributed by atoms with E-state index in [0.717, 1.165) is 22.7 Å². The lowest BCUT2D eigenvalue weighted by Crippen LogP contribution is -2.06. The number of aromatic nitrogens is 2. The molecule has 0 atom stereocenters. The maximum atomic E-state index is 6.25. The summed E-state index contributed by atoms with van der Waals surface area (Å²) >= 11 is 9.60. The molecule has 0 fully saturated rings. The molecule has 1 aromatic heterocycles. The number of ether oxygens (including phenoxy) is 1. The van der Waals surface area contributed by atoms with Gasteiger partial charge in [-0.15, -0.1) is 0 Å². The highest BCUT2D eigenvalue weighted by atomic mass is 79.9. The smallest absolute Gasteiger partial charge is 0.175 e. The minimum atomic E-state index is 0.616. The van der Waals surface area contributed by atoms with E-state index in [1.807, 2.05) is 19.2 Å². The first-order valence-corrected chi connectivity index (χ1v) is 6.55. The van der Waals surface area contributed by atoms with E-state index < -0.39 is 0 Å². The Morgan fingerprint density at radius 1 is 1.50 bits per heavy atom. The Bertz CT molecular complexity index is 556. The second kappa shape index (κ2) is 5.73. The first-order valence-electron chi connectivity index (χ1n) is 5.38. The third-order valence-corrected chi connectivity index (χ3v) is 3.22. The SMILES string of the molecule is CNCc1[nH]c(Br)nc1-c1ccc(OC)cc1Cl. The number of methoxy groups -OCH3 is 1. The number of hydrogen-bond donors (Lipinski definition) is 2. The van der Waals surface area contributed by atoms with Crippen molar-refractivity contribution >= 4 is 27.5 Å². The van der Waals surface area contributed by atoms with Crippen LogP contribution in [-0.4, -0.2) is 24.1 Å². The molecule has 1 aromatic carbocycles. The molecule has 0 aliphatic carbocycles. The summed E-state index contributed by atoms with van der Waals surface area (Å²) in [6.45, 7) is 0.691. The van der Waals surface area contributed by atoms with Crippen molar-refractivity contribution in [3.05, 3.63) is 33.6 Å². The molecule has 0 aliphatic rings. The number of nitrogens with zero attached hydrogens (tertiary/aromatic N) is 1. The Labute approximate surface area is 119 Å². The largest absolute Gasteiger partial charge is 0.497 e. The quantitative estimate of drug-likeness (QED) is 0.905. The molecule has 0 amide bonds. The molecule has 2 aromatic rings. The van der Waals surface area contributed by atoms with Gasteiger partial charge in [0, 0.05) is 12.1 Å². The highest BCUT2D eigenvalue weighted by Crippen LogP contribution is 2.32. The van der Waals surface area contributed by atoms with Crippen molar-refractivity contribution in [2.24, 2.45) is 0 Å². The molecule has 4 nitrogen and oxygen atoms in total. The van der Waals surface area contributed by atoms with Gasteiger partial charge in [0.25, 0.3) is 0 Å². The van der Waals surface area contributed by atoms with Gasteiger partial charge in [0.1, 0.15) is 5.75 Å². The molecule has 96 valence electrons. The molecule has 0 aliphatic heterocycles. The summed E-state index contributed by atoms with van der Waals surface area (Å²) in [6, 6.07) is 5.55. The van der Waals surface area contributed by atoms with Gasteiger partial charge in [-0.3, -0.25) is 0 Å². The van der Waals surface area contributed by atoms with Crippen LogP contribution in [0.5, 0.6) is 5.75 Å². The minimum Gasteiger partial charge on any atom is -0.497 e. The van der Waals surface area contributed by atoms with Crippen molar-refractivity contribution in [1.29, 1.82) is 0 Å². The zero-order chi connectivity index (χ0) is 13.1. The molecule has 6 heteroatoms. The summed E-state index contributed by atoms with van der Waals surface area (Å²) in [6.07, 6.45) is 0. The second-order valence-electron chi connectivity index (χ2n) is 3.73. The molecule has 1 heterocycles. The van der Waals surface area contributed by atoms with E-state index in [1.54, 1.807) is 13.2 Å². The predicted molar refractivity (Wildman–Crippen MR) is 76.0 cm³/mol. The maximum absolute atomic E-state index is 6.25. The van der Waals surface area contributed by atoms with Gasteiger partial charge in [0.05, 0.1) is 23.5 Å². The van der Waals surface area contributed by atoms with Crippen LogP contribution in [0, 0.1) is 0 Å². The van der Waals surface area contributed by atoms with Crippen molar-refractivity contribution in [3.63, 3.8) is 0 Å². The molecule has 18 heavy (non-hydrogen) atoms. The Hall–Kier alpha value is -1.04. The van der Waals surface area contributed by atoms with Crippen LogP contribution in [0.25, 0.3) is 11.3 Å². The van der Waals surface area contributed by atoms with Gasteiger partial charge in [-0.2, -0.15) is 0 Å². The molecular weight excluding hydrogens is 318 g/mol. The van der Waals surface area contributed by atoms with Gasteiger partial charge in [0.15, 0.2) is 4.73 Å². The van der Waals surface area contributed by atoms with E-state index in [0.29, 0.717) is 16.3 Å². The third-order valence-electron chi connectivity index (χ3n) is 2.53. The minimum absolute atomic E-state index is 0.616. The highest BCUT2D eigenvalue weighted by molar-refractivity contribution is 9.10. The summed E-state index contributed by atoms with van der Waals surface area (Å²) in [5.74, 6) is 0.730. The standard InChI is InChI=1S/C12H13BrClN3O/c1-15-6-10-11(17-12(13)16-10)8-4-3-7(18-2)5-9(8)14/h3-5,15H,6H2,1-2H3,(H,16,17). The van der Waals surface area contributed by atoms with Crippen LogP contribution in [0.3, 0.4) is 0 Å². The fourth-order valence-corrected chi connectivity index (χ4v) is 2.40. The number of benzene rings is 1. The topological polar surface area (TPSA) is 49.9 Å².